The smallest absolute Gasteiger partial charge is 0.328 e. The van der Waals surface area contributed by atoms with Gasteiger partial charge in [0.2, 0.25) is 0 Å². The van der Waals surface area contributed by atoms with Crippen molar-refractivity contribution in [3.8, 4) is 0 Å². The van der Waals surface area contributed by atoms with Crippen LogP contribution in [-0.4, -0.2) is 38.2 Å². The summed E-state index contributed by atoms with van der Waals surface area (Å²) < 4.78 is 9.63. The van der Waals surface area contributed by atoms with E-state index in [-0.39, 0.29) is 11.9 Å². The van der Waals surface area contributed by atoms with E-state index in [0.29, 0.717) is 12.8 Å². The second-order valence-corrected chi connectivity index (χ2v) is 4.40. The Bertz CT molecular complexity index is 436. The van der Waals surface area contributed by atoms with Crippen LogP contribution >= 0.6 is 0 Å². The normalized spacial score (nSPS) is 22.1. The molecule has 0 N–H and O–H groups in total. The lowest BCUT2D eigenvalue weighted by Crippen LogP contribution is -2.45. The van der Waals surface area contributed by atoms with E-state index in [4.69, 9.17) is 9.47 Å². The second kappa shape index (κ2) is 5.73. The van der Waals surface area contributed by atoms with Gasteiger partial charge in [-0.2, -0.15) is 0 Å². The molecule has 1 saturated heterocycles. The third kappa shape index (κ3) is 2.54. The number of rotatable bonds is 3. The molecule has 2 unspecified atom stereocenters. The number of hydrogen-bond donors (Lipinski definition) is 0. The van der Waals surface area contributed by atoms with Crippen LogP contribution in [0.15, 0.2) is 30.3 Å². The van der Waals surface area contributed by atoms with Crippen molar-refractivity contribution in [2.75, 3.05) is 19.1 Å². The number of hydrogen-bond acceptors (Lipinski definition) is 5. The monoisotopic (exact) mass is 263 g/mol. The molecule has 19 heavy (non-hydrogen) atoms. The van der Waals surface area contributed by atoms with E-state index in [1.807, 2.05) is 30.3 Å². The third-order valence-corrected chi connectivity index (χ3v) is 3.39. The molecule has 1 aromatic carbocycles. The summed E-state index contributed by atoms with van der Waals surface area (Å²) in [7, 11) is 2.72. The van der Waals surface area contributed by atoms with Gasteiger partial charge in [0.1, 0.15) is 12.1 Å². The maximum absolute atomic E-state index is 11.8. The Morgan fingerprint density at radius 1 is 1.00 bits per heavy atom. The zero-order chi connectivity index (χ0) is 13.8. The van der Waals surface area contributed by atoms with Crippen LogP contribution in [0.1, 0.15) is 12.8 Å². The predicted molar refractivity (Wildman–Crippen MR) is 69.8 cm³/mol. The van der Waals surface area contributed by atoms with E-state index < -0.39 is 12.1 Å². The highest BCUT2D eigenvalue weighted by molar-refractivity contribution is 5.88. The fraction of sp³-hybridized carbons (Fsp3) is 0.429. The van der Waals surface area contributed by atoms with E-state index in [0.717, 1.165) is 5.69 Å². The van der Waals surface area contributed by atoms with E-state index in [1.54, 1.807) is 4.90 Å². The number of carbonyl (C=O) groups excluding carboxylic acids is 2. The topological polar surface area (TPSA) is 55.8 Å². The van der Waals surface area contributed by atoms with Crippen molar-refractivity contribution in [3.63, 3.8) is 0 Å². The Balaban J connectivity index is 2.33. The summed E-state index contributed by atoms with van der Waals surface area (Å²) in [6.45, 7) is 0. The zero-order valence-corrected chi connectivity index (χ0v) is 11.0. The maximum Gasteiger partial charge on any atom is 0.328 e. The van der Waals surface area contributed by atoms with Crippen molar-refractivity contribution >= 4 is 17.6 Å². The number of para-hydroxylation sites is 1. The first-order valence-corrected chi connectivity index (χ1v) is 6.18. The van der Waals surface area contributed by atoms with Gasteiger partial charge in [0.25, 0.3) is 0 Å². The van der Waals surface area contributed by atoms with Crippen molar-refractivity contribution in [1.29, 1.82) is 0 Å². The molecule has 0 radical (unpaired) electrons. The van der Waals surface area contributed by atoms with Gasteiger partial charge in [0.05, 0.1) is 14.2 Å². The third-order valence-electron chi connectivity index (χ3n) is 3.39. The van der Waals surface area contributed by atoms with Gasteiger partial charge in [-0.05, 0) is 25.0 Å². The number of ether oxygens (including phenoxy) is 2. The number of benzene rings is 1. The number of esters is 2. The molecule has 0 amide bonds. The highest BCUT2D eigenvalue weighted by atomic mass is 16.5. The average molecular weight is 263 g/mol. The molecule has 102 valence electrons. The van der Waals surface area contributed by atoms with Gasteiger partial charge in [-0.15, -0.1) is 0 Å². The van der Waals surface area contributed by atoms with E-state index in [1.165, 1.54) is 14.2 Å². The minimum atomic E-state index is -0.434. The van der Waals surface area contributed by atoms with Crippen LogP contribution in [-0.2, 0) is 19.1 Å². The average Bonchev–Trinajstić information content (AvgIpc) is 2.91. The molecule has 5 nitrogen and oxygen atoms in total. The summed E-state index contributed by atoms with van der Waals surface area (Å²) in [6, 6.07) is 8.51. The van der Waals surface area contributed by atoms with E-state index in [9.17, 15) is 9.59 Å². The lowest BCUT2D eigenvalue weighted by molar-refractivity contribution is -0.142. The highest BCUT2D eigenvalue weighted by Gasteiger charge is 2.42. The fourth-order valence-corrected chi connectivity index (χ4v) is 2.51. The lowest BCUT2D eigenvalue weighted by Gasteiger charge is -2.29. The predicted octanol–water partition coefficient (Wildman–Crippen LogP) is 1.37. The Morgan fingerprint density at radius 3 is 1.89 bits per heavy atom. The van der Waals surface area contributed by atoms with Crippen molar-refractivity contribution < 1.29 is 19.1 Å². The molecule has 1 aliphatic rings. The molecule has 2 rings (SSSR count). The number of methoxy groups -OCH3 is 2. The van der Waals surface area contributed by atoms with Crippen LogP contribution in [0.5, 0.6) is 0 Å². The van der Waals surface area contributed by atoms with Crippen LogP contribution < -0.4 is 4.90 Å². The fourth-order valence-electron chi connectivity index (χ4n) is 2.51. The van der Waals surface area contributed by atoms with Gasteiger partial charge in [-0.1, -0.05) is 18.2 Å². The number of anilines is 1. The van der Waals surface area contributed by atoms with Crippen LogP contribution in [0, 0.1) is 0 Å². The van der Waals surface area contributed by atoms with Crippen LogP contribution in [0.25, 0.3) is 0 Å². The quantitative estimate of drug-likeness (QED) is 0.771. The minimum Gasteiger partial charge on any atom is -0.467 e. The molecule has 5 heteroatoms. The Labute approximate surface area is 112 Å². The van der Waals surface area contributed by atoms with Gasteiger partial charge in [0.15, 0.2) is 0 Å². The summed E-state index contributed by atoms with van der Waals surface area (Å²) in [5, 5.41) is 0. The summed E-state index contributed by atoms with van der Waals surface area (Å²) in [6.07, 6.45) is 1.17. The van der Waals surface area contributed by atoms with Crippen molar-refractivity contribution in [2.45, 2.75) is 24.9 Å². The molecule has 1 fully saturated rings. The van der Waals surface area contributed by atoms with Crippen molar-refractivity contribution in [1.82, 2.24) is 0 Å². The summed E-state index contributed by atoms with van der Waals surface area (Å²) in [4.78, 5) is 25.5. The van der Waals surface area contributed by atoms with Gasteiger partial charge in [-0.25, -0.2) is 9.59 Å². The van der Waals surface area contributed by atoms with Crippen molar-refractivity contribution in [2.24, 2.45) is 0 Å². The molecule has 0 bridgehead atoms. The van der Waals surface area contributed by atoms with Crippen molar-refractivity contribution in [3.05, 3.63) is 30.3 Å². The molecule has 1 heterocycles. The summed E-state index contributed by atoms with van der Waals surface area (Å²) >= 11 is 0. The standard InChI is InChI=1S/C14H17NO4/c1-18-13(16)11-8-9-12(14(17)19-2)15(11)10-6-4-3-5-7-10/h3-7,11-12H,8-9H2,1-2H3. The zero-order valence-electron chi connectivity index (χ0n) is 11.0. The molecular formula is C14H17NO4. The first-order valence-electron chi connectivity index (χ1n) is 6.18. The molecule has 2 atom stereocenters. The maximum atomic E-state index is 11.8. The Kier molecular flexibility index (Phi) is 4.04. The van der Waals surface area contributed by atoms with E-state index >= 15 is 0 Å². The molecule has 0 aromatic heterocycles. The van der Waals surface area contributed by atoms with Gasteiger partial charge < -0.3 is 14.4 Å². The second-order valence-electron chi connectivity index (χ2n) is 4.40. The summed E-state index contributed by atoms with van der Waals surface area (Å²) in [5.41, 5.74) is 0.825. The van der Waals surface area contributed by atoms with Gasteiger partial charge >= 0.3 is 11.9 Å². The Hall–Kier alpha value is -2.04. The highest BCUT2D eigenvalue weighted by Crippen LogP contribution is 2.31. The molecule has 1 aliphatic heterocycles. The minimum absolute atomic E-state index is 0.324. The largest absolute Gasteiger partial charge is 0.467 e. The Morgan fingerprint density at radius 2 is 1.47 bits per heavy atom. The first kappa shape index (κ1) is 13.4. The SMILES string of the molecule is COC(=O)C1CCC(C(=O)OC)N1c1ccccc1. The van der Waals surface area contributed by atoms with Crippen LogP contribution in [0.2, 0.25) is 0 Å². The number of carbonyl (C=O) groups is 2. The molecule has 1 aromatic rings. The van der Waals surface area contributed by atoms with E-state index in [2.05, 4.69) is 0 Å². The molecule has 0 aliphatic carbocycles. The molecule has 0 saturated carbocycles. The van der Waals surface area contributed by atoms with Gasteiger partial charge in [-0.3, -0.25) is 0 Å². The summed E-state index contributed by atoms with van der Waals surface area (Å²) in [5.74, 6) is -0.648. The molecule has 0 spiro atoms. The first-order chi connectivity index (χ1) is 9.19. The molecular weight excluding hydrogens is 246 g/mol. The van der Waals surface area contributed by atoms with Crippen LogP contribution in [0.4, 0.5) is 5.69 Å². The lowest BCUT2D eigenvalue weighted by atomic mass is 10.2. The van der Waals surface area contributed by atoms with Gasteiger partial charge in [0, 0.05) is 5.69 Å². The van der Waals surface area contributed by atoms with Crippen LogP contribution in [0.3, 0.4) is 0 Å². The number of nitrogens with zero attached hydrogens (tertiary/aromatic N) is 1.